The van der Waals surface area contributed by atoms with Gasteiger partial charge in [-0.1, -0.05) is 31.0 Å². The lowest BCUT2D eigenvalue weighted by molar-refractivity contribution is 0.253. The Hall–Kier alpha value is -1.64. The zero-order valence-corrected chi connectivity index (χ0v) is 17.5. The first-order valence-electron chi connectivity index (χ1n) is 9.62. The molecule has 0 spiro atoms. The Bertz CT molecular complexity index is 654. The number of sulfonamides is 1. The van der Waals surface area contributed by atoms with Gasteiger partial charge in [0.15, 0.2) is 5.96 Å². The molecule has 27 heavy (non-hydrogen) atoms. The van der Waals surface area contributed by atoms with Gasteiger partial charge >= 0.3 is 0 Å². The molecule has 1 aromatic carbocycles. The summed E-state index contributed by atoms with van der Waals surface area (Å²) in [5.41, 5.74) is 1.02. The van der Waals surface area contributed by atoms with E-state index in [-0.39, 0.29) is 18.0 Å². The molecule has 0 amide bonds. The Morgan fingerprint density at radius 2 is 1.81 bits per heavy atom. The molecule has 8 heteroatoms. The number of rotatable bonds is 12. The van der Waals surface area contributed by atoms with Crippen LogP contribution in [0.25, 0.3) is 0 Å². The number of nitrogens with one attached hydrogen (secondary N) is 3. The van der Waals surface area contributed by atoms with Crippen LogP contribution in [0.5, 0.6) is 0 Å². The van der Waals surface area contributed by atoms with Crippen LogP contribution in [0, 0.1) is 12.8 Å². The van der Waals surface area contributed by atoms with Crippen LogP contribution in [0.15, 0.2) is 34.2 Å². The number of benzene rings is 1. The highest BCUT2D eigenvalue weighted by atomic mass is 32.2. The Morgan fingerprint density at radius 1 is 1.11 bits per heavy atom. The quantitative estimate of drug-likeness (QED) is 0.243. The SMILES string of the molecule is CCCC(CCO)CN=C(NCC)NCCNS(=O)(=O)c1ccc(C)cc1. The molecule has 0 radical (unpaired) electrons. The van der Waals surface area contributed by atoms with Crippen molar-refractivity contribution >= 4 is 16.0 Å². The minimum atomic E-state index is -3.51. The molecule has 0 aromatic heterocycles. The summed E-state index contributed by atoms with van der Waals surface area (Å²) in [5.74, 6) is 1.02. The third-order valence-corrected chi connectivity index (χ3v) is 5.60. The van der Waals surface area contributed by atoms with E-state index < -0.39 is 10.0 Å². The lowest BCUT2D eigenvalue weighted by Crippen LogP contribution is -2.41. The first-order chi connectivity index (χ1) is 12.9. The maximum Gasteiger partial charge on any atom is 0.240 e. The van der Waals surface area contributed by atoms with Crippen molar-refractivity contribution in [2.75, 3.05) is 32.8 Å². The zero-order valence-electron chi connectivity index (χ0n) is 16.7. The molecule has 0 heterocycles. The fraction of sp³-hybridized carbons (Fsp3) is 0.632. The van der Waals surface area contributed by atoms with Crippen molar-refractivity contribution in [2.45, 2.75) is 44.9 Å². The summed E-state index contributed by atoms with van der Waals surface area (Å²) < 4.78 is 27.1. The summed E-state index contributed by atoms with van der Waals surface area (Å²) in [5, 5.41) is 15.4. The van der Waals surface area contributed by atoms with Gasteiger partial charge in [0.05, 0.1) is 4.90 Å². The summed E-state index contributed by atoms with van der Waals surface area (Å²) in [7, 11) is -3.51. The molecule has 0 fully saturated rings. The van der Waals surface area contributed by atoms with Gasteiger partial charge in [0, 0.05) is 32.8 Å². The van der Waals surface area contributed by atoms with Gasteiger partial charge in [0.2, 0.25) is 10.0 Å². The summed E-state index contributed by atoms with van der Waals surface area (Å²) in [6.45, 7) is 8.24. The Labute approximate surface area is 163 Å². The lowest BCUT2D eigenvalue weighted by atomic mass is 10.0. The van der Waals surface area contributed by atoms with E-state index in [2.05, 4.69) is 27.3 Å². The minimum absolute atomic E-state index is 0.172. The standard InChI is InChI=1S/C19H34N4O3S/c1-4-6-17(11-14-24)15-22-19(20-5-2)21-12-13-23-27(25,26)18-9-7-16(3)8-10-18/h7-10,17,23-24H,4-6,11-15H2,1-3H3,(H2,20,21,22). The molecular weight excluding hydrogens is 364 g/mol. The van der Waals surface area contributed by atoms with Crippen molar-refractivity contribution in [3.05, 3.63) is 29.8 Å². The number of nitrogens with zero attached hydrogens (tertiary/aromatic N) is 1. The molecule has 0 aliphatic rings. The fourth-order valence-electron chi connectivity index (χ4n) is 2.65. The second-order valence-electron chi connectivity index (χ2n) is 6.52. The highest BCUT2D eigenvalue weighted by Crippen LogP contribution is 2.11. The van der Waals surface area contributed by atoms with E-state index in [4.69, 9.17) is 5.11 Å². The van der Waals surface area contributed by atoms with E-state index in [0.29, 0.717) is 25.0 Å². The van der Waals surface area contributed by atoms with Gasteiger partial charge in [0.25, 0.3) is 0 Å². The monoisotopic (exact) mass is 398 g/mol. The van der Waals surface area contributed by atoms with E-state index in [0.717, 1.165) is 31.4 Å². The van der Waals surface area contributed by atoms with E-state index in [9.17, 15) is 8.42 Å². The lowest BCUT2D eigenvalue weighted by Gasteiger charge is -2.15. The number of hydrogen-bond donors (Lipinski definition) is 4. The second kappa shape index (κ2) is 12.7. The van der Waals surface area contributed by atoms with Gasteiger partial charge < -0.3 is 15.7 Å². The average Bonchev–Trinajstić information content (AvgIpc) is 2.63. The molecule has 154 valence electrons. The molecule has 4 N–H and O–H groups in total. The van der Waals surface area contributed by atoms with Crippen LogP contribution < -0.4 is 15.4 Å². The van der Waals surface area contributed by atoms with Crippen molar-refractivity contribution in [1.82, 2.24) is 15.4 Å². The van der Waals surface area contributed by atoms with Crippen LogP contribution in [0.1, 0.15) is 38.7 Å². The fourth-order valence-corrected chi connectivity index (χ4v) is 3.68. The van der Waals surface area contributed by atoms with Crippen LogP contribution in [0.2, 0.25) is 0 Å². The minimum Gasteiger partial charge on any atom is -0.396 e. The number of aliphatic hydroxyl groups excluding tert-OH is 1. The number of hydrogen-bond acceptors (Lipinski definition) is 4. The van der Waals surface area contributed by atoms with Crippen LogP contribution in [-0.4, -0.2) is 52.3 Å². The maximum absolute atomic E-state index is 12.3. The zero-order chi connectivity index (χ0) is 20.1. The van der Waals surface area contributed by atoms with Gasteiger partial charge in [-0.3, -0.25) is 4.99 Å². The summed E-state index contributed by atoms with van der Waals surface area (Å²) >= 11 is 0. The van der Waals surface area contributed by atoms with Gasteiger partial charge in [-0.2, -0.15) is 0 Å². The van der Waals surface area contributed by atoms with Gasteiger partial charge in [-0.15, -0.1) is 0 Å². The maximum atomic E-state index is 12.3. The van der Waals surface area contributed by atoms with E-state index in [1.807, 2.05) is 13.8 Å². The molecule has 1 rings (SSSR count). The smallest absolute Gasteiger partial charge is 0.240 e. The molecule has 1 atom stereocenters. The van der Waals surface area contributed by atoms with E-state index in [1.165, 1.54) is 0 Å². The largest absolute Gasteiger partial charge is 0.396 e. The Kier molecular flexibility index (Phi) is 11.0. The molecule has 0 aliphatic heterocycles. The third kappa shape index (κ3) is 9.21. The Balaban J connectivity index is 2.51. The van der Waals surface area contributed by atoms with E-state index in [1.54, 1.807) is 24.3 Å². The molecule has 0 saturated carbocycles. The van der Waals surface area contributed by atoms with Crippen molar-refractivity contribution in [3.63, 3.8) is 0 Å². The molecule has 7 nitrogen and oxygen atoms in total. The van der Waals surface area contributed by atoms with E-state index >= 15 is 0 Å². The number of aliphatic imine (C=N–C) groups is 1. The molecular formula is C19H34N4O3S. The summed E-state index contributed by atoms with van der Waals surface area (Å²) in [4.78, 5) is 4.82. The third-order valence-electron chi connectivity index (χ3n) is 4.13. The molecule has 0 saturated heterocycles. The molecule has 1 aromatic rings. The predicted molar refractivity (Wildman–Crippen MR) is 110 cm³/mol. The molecule has 0 aliphatic carbocycles. The Morgan fingerprint density at radius 3 is 2.41 bits per heavy atom. The van der Waals surface area contributed by atoms with Crippen molar-refractivity contribution in [2.24, 2.45) is 10.9 Å². The van der Waals surface area contributed by atoms with Crippen molar-refractivity contribution in [1.29, 1.82) is 0 Å². The molecule has 1 unspecified atom stereocenters. The van der Waals surface area contributed by atoms with Crippen LogP contribution >= 0.6 is 0 Å². The van der Waals surface area contributed by atoms with Crippen molar-refractivity contribution < 1.29 is 13.5 Å². The number of aliphatic hydroxyl groups is 1. The van der Waals surface area contributed by atoms with Crippen molar-refractivity contribution in [3.8, 4) is 0 Å². The van der Waals surface area contributed by atoms with Gasteiger partial charge in [0.1, 0.15) is 0 Å². The van der Waals surface area contributed by atoms with Gasteiger partial charge in [-0.25, -0.2) is 13.1 Å². The first kappa shape index (κ1) is 23.4. The van der Waals surface area contributed by atoms with Crippen LogP contribution in [0.3, 0.4) is 0 Å². The molecule has 0 bridgehead atoms. The summed E-state index contributed by atoms with van der Waals surface area (Å²) in [6.07, 6.45) is 2.83. The number of guanidine groups is 1. The van der Waals surface area contributed by atoms with Gasteiger partial charge in [-0.05, 0) is 44.7 Å². The topological polar surface area (TPSA) is 103 Å². The normalized spacial score (nSPS) is 13.4. The first-order valence-corrected chi connectivity index (χ1v) is 11.1. The highest BCUT2D eigenvalue weighted by Gasteiger charge is 2.13. The number of aryl methyl sites for hydroxylation is 1. The average molecular weight is 399 g/mol. The predicted octanol–water partition coefficient (Wildman–Crippen LogP) is 1.63. The second-order valence-corrected chi connectivity index (χ2v) is 8.29. The van der Waals surface area contributed by atoms with Crippen LogP contribution in [0.4, 0.5) is 0 Å². The summed E-state index contributed by atoms with van der Waals surface area (Å²) in [6, 6.07) is 6.76. The van der Waals surface area contributed by atoms with Crippen LogP contribution in [-0.2, 0) is 10.0 Å². The highest BCUT2D eigenvalue weighted by molar-refractivity contribution is 7.89.